The van der Waals surface area contributed by atoms with Gasteiger partial charge >= 0.3 is 0 Å². The van der Waals surface area contributed by atoms with Crippen LogP contribution in [0.15, 0.2) is 30.5 Å². The molecule has 0 spiro atoms. The maximum Gasteiger partial charge on any atom is 0.132 e. The molecule has 0 aliphatic heterocycles. The summed E-state index contributed by atoms with van der Waals surface area (Å²) in [6.45, 7) is 8.69. The molecule has 0 bridgehead atoms. The Balaban J connectivity index is 2.10. The largest absolute Gasteiger partial charge is 0.487 e. The molecule has 0 fully saturated rings. The molecule has 1 aromatic heterocycles. The summed E-state index contributed by atoms with van der Waals surface area (Å²) in [6, 6.07) is 8.40. The number of aryl methyl sites for hydroxylation is 1. The fourth-order valence-electron chi connectivity index (χ4n) is 2.05. The first-order valence-electron chi connectivity index (χ1n) is 7.00. The lowest BCUT2D eigenvalue weighted by Gasteiger charge is -2.14. The van der Waals surface area contributed by atoms with Crippen molar-refractivity contribution in [1.29, 1.82) is 0 Å². The standard InChI is InChI=1S/C16H23N3O/c1-11(2)19-8-7-14(18-19)10-20-16-6-5-12(3)9-15(16)13(4)17/h5-9,11,13H,10,17H2,1-4H3/t13-/m1/s1. The zero-order valence-electron chi connectivity index (χ0n) is 12.6. The van der Waals surface area contributed by atoms with Crippen LogP contribution < -0.4 is 10.5 Å². The summed E-state index contributed by atoms with van der Waals surface area (Å²) in [5, 5.41) is 4.48. The monoisotopic (exact) mass is 273 g/mol. The molecule has 0 aliphatic rings. The fourth-order valence-corrected chi connectivity index (χ4v) is 2.05. The predicted octanol–water partition coefficient (Wildman–Crippen LogP) is 3.37. The summed E-state index contributed by atoms with van der Waals surface area (Å²) in [7, 11) is 0. The number of ether oxygens (including phenoxy) is 1. The Hall–Kier alpha value is -1.81. The molecule has 0 radical (unpaired) electrons. The van der Waals surface area contributed by atoms with Crippen LogP contribution in [0.4, 0.5) is 0 Å². The third kappa shape index (κ3) is 3.39. The molecule has 0 aliphatic carbocycles. The molecule has 0 unspecified atom stereocenters. The van der Waals surface area contributed by atoms with Gasteiger partial charge in [0.15, 0.2) is 0 Å². The van der Waals surface area contributed by atoms with Crippen molar-refractivity contribution in [1.82, 2.24) is 9.78 Å². The predicted molar refractivity (Wildman–Crippen MR) is 80.7 cm³/mol. The lowest BCUT2D eigenvalue weighted by molar-refractivity contribution is 0.294. The van der Waals surface area contributed by atoms with E-state index >= 15 is 0 Å². The molecule has 2 rings (SSSR count). The van der Waals surface area contributed by atoms with Gasteiger partial charge in [0.1, 0.15) is 12.4 Å². The van der Waals surface area contributed by atoms with Crippen LogP contribution in [-0.2, 0) is 6.61 Å². The summed E-state index contributed by atoms with van der Waals surface area (Å²) in [4.78, 5) is 0. The topological polar surface area (TPSA) is 53.1 Å². The molecule has 0 saturated heterocycles. The first kappa shape index (κ1) is 14.6. The van der Waals surface area contributed by atoms with Crippen LogP contribution >= 0.6 is 0 Å². The van der Waals surface area contributed by atoms with Crippen LogP contribution in [0, 0.1) is 6.92 Å². The van der Waals surface area contributed by atoms with Crippen molar-refractivity contribution in [3.8, 4) is 5.75 Å². The van der Waals surface area contributed by atoms with Gasteiger partial charge in [0.05, 0.1) is 5.69 Å². The van der Waals surface area contributed by atoms with Crippen LogP contribution in [0.25, 0.3) is 0 Å². The van der Waals surface area contributed by atoms with Gasteiger partial charge in [-0.05, 0) is 39.8 Å². The third-order valence-electron chi connectivity index (χ3n) is 3.22. The minimum absolute atomic E-state index is 0.0434. The van der Waals surface area contributed by atoms with Gasteiger partial charge in [-0.2, -0.15) is 5.10 Å². The molecule has 2 aromatic rings. The summed E-state index contributed by atoms with van der Waals surface area (Å²) in [5.74, 6) is 0.838. The normalized spacial score (nSPS) is 12.7. The smallest absolute Gasteiger partial charge is 0.132 e. The number of aromatic nitrogens is 2. The average molecular weight is 273 g/mol. The molecule has 0 amide bonds. The van der Waals surface area contributed by atoms with Crippen molar-refractivity contribution in [3.05, 3.63) is 47.3 Å². The fraction of sp³-hybridized carbons (Fsp3) is 0.438. The Morgan fingerprint density at radius 3 is 2.60 bits per heavy atom. The van der Waals surface area contributed by atoms with E-state index < -0.39 is 0 Å². The highest BCUT2D eigenvalue weighted by Gasteiger charge is 2.09. The highest BCUT2D eigenvalue weighted by Crippen LogP contribution is 2.25. The highest BCUT2D eigenvalue weighted by atomic mass is 16.5. The number of nitrogens with two attached hydrogens (primary N) is 1. The molecule has 0 saturated carbocycles. The molecule has 4 nitrogen and oxygen atoms in total. The van der Waals surface area contributed by atoms with Crippen molar-refractivity contribution in [2.75, 3.05) is 0 Å². The Morgan fingerprint density at radius 1 is 1.25 bits per heavy atom. The molecule has 108 valence electrons. The number of nitrogens with zero attached hydrogens (tertiary/aromatic N) is 2. The van der Waals surface area contributed by atoms with Crippen molar-refractivity contribution in [2.45, 2.75) is 46.4 Å². The number of rotatable bonds is 5. The van der Waals surface area contributed by atoms with Gasteiger partial charge in [-0.3, -0.25) is 4.68 Å². The first-order chi connectivity index (χ1) is 9.47. The van der Waals surface area contributed by atoms with Crippen molar-refractivity contribution < 1.29 is 4.74 Å². The molecular formula is C16H23N3O. The Morgan fingerprint density at radius 2 is 2.00 bits per heavy atom. The summed E-state index contributed by atoms with van der Waals surface area (Å²) in [5.41, 5.74) is 9.15. The van der Waals surface area contributed by atoms with Crippen molar-refractivity contribution in [2.24, 2.45) is 5.73 Å². The zero-order chi connectivity index (χ0) is 14.7. The molecule has 1 aromatic carbocycles. The van der Waals surface area contributed by atoms with Crippen LogP contribution in [-0.4, -0.2) is 9.78 Å². The Bertz CT molecular complexity index is 573. The zero-order valence-corrected chi connectivity index (χ0v) is 12.6. The average Bonchev–Trinajstić information content (AvgIpc) is 2.86. The van der Waals surface area contributed by atoms with Crippen molar-refractivity contribution >= 4 is 0 Å². The molecule has 1 heterocycles. The van der Waals surface area contributed by atoms with Gasteiger partial charge in [0, 0.05) is 23.8 Å². The second-order valence-corrected chi connectivity index (χ2v) is 5.50. The summed E-state index contributed by atoms with van der Waals surface area (Å²) < 4.78 is 7.81. The van der Waals surface area contributed by atoms with Gasteiger partial charge in [-0.1, -0.05) is 17.7 Å². The van der Waals surface area contributed by atoms with Gasteiger partial charge in [-0.15, -0.1) is 0 Å². The quantitative estimate of drug-likeness (QED) is 0.908. The van der Waals surface area contributed by atoms with Crippen LogP contribution in [0.3, 0.4) is 0 Å². The Kier molecular flexibility index (Phi) is 4.45. The van der Waals surface area contributed by atoms with E-state index in [2.05, 4.69) is 31.9 Å². The Labute approximate surface area is 120 Å². The minimum Gasteiger partial charge on any atom is -0.487 e. The second-order valence-electron chi connectivity index (χ2n) is 5.50. The number of hydrogen-bond acceptors (Lipinski definition) is 3. The molecule has 4 heteroatoms. The van der Waals surface area contributed by atoms with E-state index in [4.69, 9.17) is 10.5 Å². The lowest BCUT2D eigenvalue weighted by atomic mass is 10.1. The van der Waals surface area contributed by atoms with Gasteiger partial charge < -0.3 is 10.5 Å². The summed E-state index contributed by atoms with van der Waals surface area (Å²) >= 11 is 0. The van der Waals surface area contributed by atoms with E-state index in [1.165, 1.54) is 5.56 Å². The molecule has 20 heavy (non-hydrogen) atoms. The number of benzene rings is 1. The molecule has 1 atom stereocenters. The highest BCUT2D eigenvalue weighted by molar-refractivity contribution is 5.38. The van der Waals surface area contributed by atoms with E-state index in [9.17, 15) is 0 Å². The van der Waals surface area contributed by atoms with Crippen LogP contribution in [0.5, 0.6) is 5.75 Å². The SMILES string of the molecule is Cc1ccc(OCc2ccn(C(C)C)n2)c([C@@H](C)N)c1. The molecule has 2 N–H and O–H groups in total. The van der Waals surface area contributed by atoms with E-state index in [-0.39, 0.29) is 6.04 Å². The van der Waals surface area contributed by atoms with Gasteiger partial charge in [0.25, 0.3) is 0 Å². The number of hydrogen-bond donors (Lipinski definition) is 1. The molecular weight excluding hydrogens is 250 g/mol. The van der Waals surface area contributed by atoms with Crippen LogP contribution in [0.1, 0.15) is 49.7 Å². The van der Waals surface area contributed by atoms with E-state index in [0.717, 1.165) is 17.0 Å². The van der Waals surface area contributed by atoms with Crippen LogP contribution in [0.2, 0.25) is 0 Å². The van der Waals surface area contributed by atoms with E-state index in [1.807, 2.05) is 36.0 Å². The van der Waals surface area contributed by atoms with E-state index in [1.54, 1.807) is 0 Å². The second kappa shape index (κ2) is 6.09. The first-order valence-corrected chi connectivity index (χ1v) is 7.00. The van der Waals surface area contributed by atoms with E-state index in [0.29, 0.717) is 12.6 Å². The van der Waals surface area contributed by atoms with Gasteiger partial charge in [0.2, 0.25) is 0 Å². The van der Waals surface area contributed by atoms with Gasteiger partial charge in [-0.25, -0.2) is 0 Å². The van der Waals surface area contributed by atoms with Crippen molar-refractivity contribution in [3.63, 3.8) is 0 Å². The summed E-state index contributed by atoms with van der Waals surface area (Å²) in [6.07, 6.45) is 1.98. The maximum absolute atomic E-state index is 6.00. The minimum atomic E-state index is -0.0434. The maximum atomic E-state index is 6.00. The lowest BCUT2D eigenvalue weighted by Crippen LogP contribution is -2.09. The third-order valence-corrected chi connectivity index (χ3v) is 3.22.